The monoisotopic (exact) mass is 469 g/mol. The molecular weight excluding hydrogens is 434 g/mol. The lowest BCUT2D eigenvalue weighted by atomic mass is 10.0. The van der Waals surface area contributed by atoms with Crippen LogP contribution in [0.25, 0.3) is 0 Å². The smallest absolute Gasteiger partial charge is 0.407 e. The molecule has 0 spiro atoms. The summed E-state index contributed by atoms with van der Waals surface area (Å²) < 4.78 is 10.9. The highest BCUT2D eigenvalue weighted by atomic mass is 16.6. The van der Waals surface area contributed by atoms with E-state index in [1.54, 1.807) is 52.0 Å². The number of rotatable bonds is 9. The molecular formula is C26H35N3O5. The van der Waals surface area contributed by atoms with E-state index in [1.165, 1.54) is 5.56 Å². The molecule has 184 valence electrons. The maximum atomic E-state index is 12.7. The number of para-hydroxylation sites is 2. The first-order chi connectivity index (χ1) is 15.9. The summed E-state index contributed by atoms with van der Waals surface area (Å²) in [5.41, 5.74) is 1.48. The molecule has 2 aromatic carbocycles. The summed E-state index contributed by atoms with van der Waals surface area (Å²) in [5, 5.41) is 8.10. The van der Waals surface area contributed by atoms with Crippen LogP contribution >= 0.6 is 0 Å². The van der Waals surface area contributed by atoms with Crippen molar-refractivity contribution in [2.24, 2.45) is 0 Å². The molecule has 0 saturated carbocycles. The lowest BCUT2D eigenvalue weighted by molar-refractivity contribution is -0.122. The van der Waals surface area contributed by atoms with Crippen molar-refractivity contribution in [3.8, 4) is 5.75 Å². The molecule has 1 atom stereocenters. The van der Waals surface area contributed by atoms with Crippen LogP contribution in [0.5, 0.6) is 5.75 Å². The van der Waals surface area contributed by atoms with E-state index in [4.69, 9.17) is 9.47 Å². The molecule has 3 N–H and O–H groups in total. The van der Waals surface area contributed by atoms with Crippen molar-refractivity contribution >= 4 is 29.3 Å². The van der Waals surface area contributed by atoms with Gasteiger partial charge in [0.2, 0.25) is 5.91 Å². The minimum absolute atomic E-state index is 0.0490. The van der Waals surface area contributed by atoms with Gasteiger partial charge in [0.05, 0.1) is 11.4 Å². The normalized spacial score (nSPS) is 12.0. The summed E-state index contributed by atoms with van der Waals surface area (Å²) in [6.45, 7) is 11.3. The number of hydrogen-bond donors (Lipinski definition) is 3. The molecule has 0 bridgehead atoms. The molecule has 0 radical (unpaired) electrons. The van der Waals surface area contributed by atoms with E-state index in [-0.39, 0.29) is 24.8 Å². The van der Waals surface area contributed by atoms with Gasteiger partial charge in [-0.05, 0) is 63.4 Å². The maximum absolute atomic E-state index is 12.7. The highest BCUT2D eigenvalue weighted by Gasteiger charge is 2.18. The molecule has 3 amide bonds. The van der Waals surface area contributed by atoms with Crippen molar-refractivity contribution in [1.29, 1.82) is 0 Å². The van der Waals surface area contributed by atoms with Crippen molar-refractivity contribution in [1.82, 2.24) is 5.32 Å². The van der Waals surface area contributed by atoms with Crippen LogP contribution in [0.15, 0.2) is 48.5 Å². The molecule has 0 aromatic heterocycles. The Labute approximate surface area is 201 Å². The number of benzene rings is 2. The Hall–Kier alpha value is -3.55. The SMILES string of the molecule is CC(Oc1ccc(C(C)C)cc1)C(=O)Nc1ccccc1NC(=O)CCNC(=O)OC(C)(C)C. The Kier molecular flexibility index (Phi) is 9.47. The first-order valence-electron chi connectivity index (χ1n) is 11.4. The van der Waals surface area contributed by atoms with Crippen LogP contribution in [-0.4, -0.2) is 36.2 Å². The number of hydrogen-bond acceptors (Lipinski definition) is 5. The van der Waals surface area contributed by atoms with Gasteiger partial charge in [-0.15, -0.1) is 0 Å². The van der Waals surface area contributed by atoms with E-state index in [1.807, 2.05) is 24.3 Å². The molecule has 0 aliphatic heterocycles. The molecule has 0 saturated heterocycles. The zero-order chi connectivity index (χ0) is 25.3. The predicted octanol–water partition coefficient (Wildman–Crippen LogP) is 5.07. The zero-order valence-electron chi connectivity index (χ0n) is 20.7. The van der Waals surface area contributed by atoms with Gasteiger partial charge in [-0.3, -0.25) is 9.59 Å². The van der Waals surface area contributed by atoms with Crippen LogP contribution in [0, 0.1) is 0 Å². The van der Waals surface area contributed by atoms with E-state index < -0.39 is 17.8 Å². The number of amides is 3. The van der Waals surface area contributed by atoms with Crippen LogP contribution < -0.4 is 20.7 Å². The summed E-state index contributed by atoms with van der Waals surface area (Å²) in [6, 6.07) is 14.5. The Bertz CT molecular complexity index is 981. The summed E-state index contributed by atoms with van der Waals surface area (Å²) in [7, 11) is 0. The van der Waals surface area contributed by atoms with Gasteiger partial charge >= 0.3 is 6.09 Å². The van der Waals surface area contributed by atoms with E-state index in [2.05, 4.69) is 29.8 Å². The van der Waals surface area contributed by atoms with E-state index in [0.29, 0.717) is 23.0 Å². The predicted molar refractivity (Wildman–Crippen MR) is 133 cm³/mol. The van der Waals surface area contributed by atoms with Crippen molar-refractivity contribution in [3.05, 3.63) is 54.1 Å². The molecule has 0 aliphatic rings. The van der Waals surface area contributed by atoms with Crippen LogP contribution in [0.2, 0.25) is 0 Å². The summed E-state index contributed by atoms with van der Waals surface area (Å²) in [6.07, 6.45) is -1.28. The fourth-order valence-corrected chi connectivity index (χ4v) is 2.93. The van der Waals surface area contributed by atoms with Gasteiger partial charge in [-0.25, -0.2) is 4.79 Å². The Morgan fingerprint density at radius 1 is 0.882 bits per heavy atom. The third kappa shape index (κ3) is 9.13. The molecule has 0 fully saturated rings. The van der Waals surface area contributed by atoms with Crippen LogP contribution in [0.3, 0.4) is 0 Å². The van der Waals surface area contributed by atoms with Gasteiger partial charge in [-0.1, -0.05) is 38.1 Å². The molecule has 2 rings (SSSR count). The Balaban J connectivity index is 1.89. The highest BCUT2D eigenvalue weighted by molar-refractivity contribution is 6.01. The number of carbonyl (C=O) groups excluding carboxylic acids is 3. The standard InChI is InChI=1S/C26H35N3O5/c1-17(2)19-11-13-20(14-12-19)33-18(3)24(31)29-22-10-8-7-9-21(22)28-23(30)15-16-27-25(32)34-26(4,5)6/h7-14,17-18H,15-16H2,1-6H3,(H,27,32)(H,28,30)(H,29,31). The molecule has 8 nitrogen and oxygen atoms in total. The topological polar surface area (TPSA) is 106 Å². The third-order valence-corrected chi connectivity index (χ3v) is 4.71. The number of ether oxygens (including phenoxy) is 2. The first-order valence-corrected chi connectivity index (χ1v) is 11.4. The maximum Gasteiger partial charge on any atom is 0.407 e. The molecule has 34 heavy (non-hydrogen) atoms. The van der Waals surface area contributed by atoms with Crippen molar-refractivity contribution in [2.75, 3.05) is 17.2 Å². The van der Waals surface area contributed by atoms with Gasteiger partial charge in [0.25, 0.3) is 5.91 Å². The molecule has 0 aliphatic carbocycles. The Morgan fingerprint density at radius 2 is 1.47 bits per heavy atom. The number of nitrogens with one attached hydrogen (secondary N) is 3. The van der Waals surface area contributed by atoms with Gasteiger partial charge in [-0.2, -0.15) is 0 Å². The average molecular weight is 470 g/mol. The van der Waals surface area contributed by atoms with Crippen molar-refractivity contribution in [3.63, 3.8) is 0 Å². The van der Waals surface area contributed by atoms with Crippen molar-refractivity contribution in [2.45, 2.75) is 65.6 Å². The molecule has 8 heteroatoms. The number of anilines is 2. The highest BCUT2D eigenvalue weighted by Crippen LogP contribution is 2.23. The molecule has 2 aromatic rings. The lowest BCUT2D eigenvalue weighted by Crippen LogP contribution is -2.34. The number of alkyl carbamates (subject to hydrolysis) is 1. The summed E-state index contributed by atoms with van der Waals surface area (Å²) >= 11 is 0. The number of carbonyl (C=O) groups is 3. The van der Waals surface area contributed by atoms with Gasteiger partial charge < -0.3 is 25.4 Å². The molecule has 0 heterocycles. The quantitative estimate of drug-likeness (QED) is 0.475. The van der Waals surface area contributed by atoms with Gasteiger partial charge in [0.15, 0.2) is 6.10 Å². The van der Waals surface area contributed by atoms with Crippen LogP contribution in [0.1, 0.15) is 59.4 Å². The van der Waals surface area contributed by atoms with E-state index in [0.717, 1.165) is 0 Å². The van der Waals surface area contributed by atoms with Crippen molar-refractivity contribution < 1.29 is 23.9 Å². The second-order valence-electron chi connectivity index (χ2n) is 9.25. The van der Waals surface area contributed by atoms with Crippen LogP contribution in [-0.2, 0) is 14.3 Å². The summed E-state index contributed by atoms with van der Waals surface area (Å²) in [5.74, 6) is 0.356. The fourth-order valence-electron chi connectivity index (χ4n) is 2.93. The average Bonchev–Trinajstić information content (AvgIpc) is 2.74. The molecule has 1 unspecified atom stereocenters. The second-order valence-corrected chi connectivity index (χ2v) is 9.25. The summed E-state index contributed by atoms with van der Waals surface area (Å²) in [4.78, 5) is 36.7. The minimum Gasteiger partial charge on any atom is -0.481 e. The van der Waals surface area contributed by atoms with Gasteiger partial charge in [0.1, 0.15) is 11.4 Å². The third-order valence-electron chi connectivity index (χ3n) is 4.71. The largest absolute Gasteiger partial charge is 0.481 e. The van der Waals surface area contributed by atoms with E-state index in [9.17, 15) is 14.4 Å². The van der Waals surface area contributed by atoms with Gasteiger partial charge in [0, 0.05) is 13.0 Å². The zero-order valence-corrected chi connectivity index (χ0v) is 20.7. The first kappa shape index (κ1) is 26.7. The van der Waals surface area contributed by atoms with Crippen LogP contribution in [0.4, 0.5) is 16.2 Å². The lowest BCUT2D eigenvalue weighted by Gasteiger charge is -2.19. The fraction of sp³-hybridized carbons (Fsp3) is 0.423. The minimum atomic E-state index is -0.744. The Morgan fingerprint density at radius 3 is 2.03 bits per heavy atom. The second kappa shape index (κ2) is 12.1. The van der Waals surface area contributed by atoms with E-state index >= 15 is 0 Å².